The van der Waals surface area contributed by atoms with Crippen molar-refractivity contribution in [3.05, 3.63) is 0 Å². The predicted molar refractivity (Wildman–Crippen MR) is 133 cm³/mol. The lowest BCUT2D eigenvalue weighted by atomic mass is 9.74. The first-order chi connectivity index (χ1) is 14.7. The van der Waals surface area contributed by atoms with Gasteiger partial charge in [0.05, 0.1) is 12.0 Å². The SMILES string of the molecule is CCCCCCCCCCCCC(CCCCCC)(CCCCCC)C(=O)OCC. The molecule has 0 radical (unpaired) electrons. The predicted octanol–water partition coefficient (Wildman–Crippen LogP) is 9.79. The average Bonchev–Trinajstić information content (AvgIpc) is 2.75. The minimum atomic E-state index is -0.211. The Morgan fingerprint density at radius 1 is 0.500 bits per heavy atom. The Labute approximate surface area is 190 Å². The number of unbranched alkanes of at least 4 members (excludes halogenated alkanes) is 15. The van der Waals surface area contributed by atoms with Gasteiger partial charge >= 0.3 is 5.97 Å². The van der Waals surface area contributed by atoms with E-state index in [0.29, 0.717) is 6.61 Å². The van der Waals surface area contributed by atoms with Crippen molar-refractivity contribution in [1.29, 1.82) is 0 Å². The molecular weight excluding hydrogens is 368 g/mol. The van der Waals surface area contributed by atoms with Gasteiger partial charge < -0.3 is 4.74 Å². The standard InChI is InChI=1S/C28H56O2/c1-5-9-12-15-16-17-18-19-20-23-26-28(27(29)30-8-4,24-21-13-10-6-2)25-22-14-11-7-3/h5-26H2,1-4H3. The summed E-state index contributed by atoms with van der Waals surface area (Å²) in [5, 5.41) is 0. The molecule has 0 aliphatic heterocycles. The van der Waals surface area contributed by atoms with E-state index >= 15 is 0 Å². The minimum absolute atomic E-state index is 0.105. The molecule has 0 unspecified atom stereocenters. The first-order valence-corrected chi connectivity index (χ1v) is 13.8. The van der Waals surface area contributed by atoms with Crippen LogP contribution in [0.15, 0.2) is 0 Å². The van der Waals surface area contributed by atoms with Crippen LogP contribution in [-0.4, -0.2) is 12.6 Å². The van der Waals surface area contributed by atoms with Crippen LogP contribution in [0.5, 0.6) is 0 Å². The van der Waals surface area contributed by atoms with E-state index in [1.165, 1.54) is 116 Å². The minimum Gasteiger partial charge on any atom is -0.466 e. The van der Waals surface area contributed by atoms with Crippen LogP contribution in [0.25, 0.3) is 0 Å². The molecule has 0 amide bonds. The summed E-state index contributed by atoms with van der Waals surface area (Å²) in [6, 6.07) is 0. The van der Waals surface area contributed by atoms with Crippen LogP contribution < -0.4 is 0 Å². The van der Waals surface area contributed by atoms with Crippen LogP contribution in [0, 0.1) is 5.41 Å². The van der Waals surface area contributed by atoms with Gasteiger partial charge in [-0.15, -0.1) is 0 Å². The molecule has 0 heterocycles. The molecule has 2 nitrogen and oxygen atoms in total. The number of hydrogen-bond donors (Lipinski definition) is 0. The normalized spacial score (nSPS) is 11.7. The Bertz CT molecular complexity index is 352. The van der Waals surface area contributed by atoms with E-state index in [1.54, 1.807) is 0 Å². The number of esters is 1. The van der Waals surface area contributed by atoms with Gasteiger partial charge in [0.15, 0.2) is 0 Å². The summed E-state index contributed by atoms with van der Waals surface area (Å²) in [4.78, 5) is 13.1. The molecule has 0 aliphatic rings. The highest BCUT2D eigenvalue weighted by atomic mass is 16.5. The van der Waals surface area contributed by atoms with Gasteiger partial charge in [-0.05, 0) is 26.2 Å². The summed E-state index contributed by atoms with van der Waals surface area (Å²) in [6.45, 7) is 9.27. The summed E-state index contributed by atoms with van der Waals surface area (Å²) in [5.74, 6) is 0.105. The average molecular weight is 425 g/mol. The Balaban J connectivity index is 4.52. The molecule has 0 rings (SSSR count). The van der Waals surface area contributed by atoms with Crippen LogP contribution in [0.1, 0.15) is 163 Å². The Kier molecular flexibility index (Phi) is 21.3. The molecule has 30 heavy (non-hydrogen) atoms. The summed E-state index contributed by atoms with van der Waals surface area (Å²) >= 11 is 0. The van der Waals surface area contributed by atoms with Gasteiger partial charge in [0.2, 0.25) is 0 Å². The molecule has 0 aromatic rings. The van der Waals surface area contributed by atoms with Crippen LogP contribution in [0.3, 0.4) is 0 Å². The van der Waals surface area contributed by atoms with Gasteiger partial charge in [-0.25, -0.2) is 0 Å². The summed E-state index contributed by atoms with van der Waals surface area (Å²) in [7, 11) is 0. The van der Waals surface area contributed by atoms with Crippen LogP contribution in [-0.2, 0) is 9.53 Å². The zero-order chi connectivity index (χ0) is 22.3. The first-order valence-electron chi connectivity index (χ1n) is 13.8. The molecule has 0 aromatic carbocycles. The molecule has 0 aliphatic carbocycles. The largest absolute Gasteiger partial charge is 0.466 e. The maximum Gasteiger partial charge on any atom is 0.312 e. The lowest BCUT2D eigenvalue weighted by Crippen LogP contribution is -2.33. The molecule has 0 bridgehead atoms. The smallest absolute Gasteiger partial charge is 0.312 e. The number of ether oxygens (including phenoxy) is 1. The lowest BCUT2D eigenvalue weighted by Gasteiger charge is -2.32. The number of rotatable bonds is 23. The molecular formula is C28H56O2. The first kappa shape index (κ1) is 29.5. The number of carbonyl (C=O) groups is 1. The van der Waals surface area contributed by atoms with Crippen molar-refractivity contribution >= 4 is 5.97 Å². The van der Waals surface area contributed by atoms with E-state index < -0.39 is 0 Å². The Morgan fingerprint density at radius 2 is 0.800 bits per heavy atom. The molecule has 2 heteroatoms. The summed E-state index contributed by atoms with van der Waals surface area (Å²) in [6.07, 6.45) is 26.6. The van der Waals surface area contributed by atoms with Crippen molar-refractivity contribution in [2.24, 2.45) is 5.41 Å². The highest BCUT2D eigenvalue weighted by molar-refractivity contribution is 5.76. The quantitative estimate of drug-likeness (QED) is 0.120. The molecule has 0 fully saturated rings. The van der Waals surface area contributed by atoms with E-state index in [1.807, 2.05) is 6.92 Å². The van der Waals surface area contributed by atoms with Gasteiger partial charge in [-0.2, -0.15) is 0 Å². The fourth-order valence-electron chi connectivity index (χ4n) is 4.70. The van der Waals surface area contributed by atoms with Crippen molar-refractivity contribution in [3.8, 4) is 0 Å². The lowest BCUT2D eigenvalue weighted by molar-refractivity contribution is -0.157. The van der Waals surface area contributed by atoms with Crippen molar-refractivity contribution in [2.45, 2.75) is 163 Å². The molecule has 0 atom stereocenters. The van der Waals surface area contributed by atoms with Crippen molar-refractivity contribution in [1.82, 2.24) is 0 Å². The maximum absolute atomic E-state index is 13.1. The molecule has 0 aromatic heterocycles. The monoisotopic (exact) mass is 424 g/mol. The third kappa shape index (κ3) is 15.3. The Hall–Kier alpha value is -0.530. The fraction of sp³-hybridized carbons (Fsp3) is 0.964. The van der Waals surface area contributed by atoms with E-state index in [9.17, 15) is 4.79 Å². The van der Waals surface area contributed by atoms with Gasteiger partial charge in [0.25, 0.3) is 0 Å². The van der Waals surface area contributed by atoms with E-state index in [2.05, 4.69) is 20.8 Å². The second-order valence-electron chi connectivity index (χ2n) is 9.55. The van der Waals surface area contributed by atoms with E-state index in [-0.39, 0.29) is 11.4 Å². The van der Waals surface area contributed by atoms with E-state index in [4.69, 9.17) is 4.74 Å². The van der Waals surface area contributed by atoms with Crippen LogP contribution >= 0.6 is 0 Å². The van der Waals surface area contributed by atoms with Crippen molar-refractivity contribution in [2.75, 3.05) is 6.61 Å². The molecule has 180 valence electrons. The summed E-state index contributed by atoms with van der Waals surface area (Å²) in [5.41, 5.74) is -0.211. The van der Waals surface area contributed by atoms with Gasteiger partial charge in [-0.1, -0.05) is 136 Å². The van der Waals surface area contributed by atoms with E-state index in [0.717, 1.165) is 19.3 Å². The second kappa shape index (κ2) is 21.7. The van der Waals surface area contributed by atoms with Gasteiger partial charge in [0.1, 0.15) is 0 Å². The van der Waals surface area contributed by atoms with Gasteiger partial charge in [-0.3, -0.25) is 4.79 Å². The zero-order valence-corrected chi connectivity index (χ0v) is 21.4. The number of hydrogen-bond acceptors (Lipinski definition) is 2. The maximum atomic E-state index is 13.1. The van der Waals surface area contributed by atoms with Crippen LogP contribution in [0.4, 0.5) is 0 Å². The van der Waals surface area contributed by atoms with Crippen molar-refractivity contribution < 1.29 is 9.53 Å². The number of carbonyl (C=O) groups excluding carboxylic acids is 1. The molecule has 0 saturated carbocycles. The third-order valence-electron chi connectivity index (χ3n) is 6.74. The van der Waals surface area contributed by atoms with Crippen molar-refractivity contribution in [3.63, 3.8) is 0 Å². The zero-order valence-electron chi connectivity index (χ0n) is 21.4. The summed E-state index contributed by atoms with van der Waals surface area (Å²) < 4.78 is 5.62. The molecule has 0 spiro atoms. The second-order valence-corrected chi connectivity index (χ2v) is 9.55. The Morgan fingerprint density at radius 3 is 1.13 bits per heavy atom. The topological polar surface area (TPSA) is 26.3 Å². The fourth-order valence-corrected chi connectivity index (χ4v) is 4.70. The molecule has 0 saturated heterocycles. The highest BCUT2D eigenvalue weighted by Crippen LogP contribution is 2.39. The third-order valence-corrected chi connectivity index (χ3v) is 6.74. The molecule has 0 N–H and O–H groups in total. The van der Waals surface area contributed by atoms with Gasteiger partial charge in [0, 0.05) is 0 Å². The highest BCUT2D eigenvalue weighted by Gasteiger charge is 2.38. The van der Waals surface area contributed by atoms with Crippen LogP contribution in [0.2, 0.25) is 0 Å².